The van der Waals surface area contributed by atoms with E-state index in [1.165, 1.54) is 0 Å². The van der Waals surface area contributed by atoms with E-state index in [9.17, 15) is 8.42 Å². The third-order valence-corrected chi connectivity index (χ3v) is 5.42. The molecule has 1 saturated heterocycles. The molecule has 2 atom stereocenters. The Labute approximate surface area is 131 Å². The van der Waals surface area contributed by atoms with Crippen LogP contribution in [0.4, 0.5) is 0 Å². The maximum absolute atomic E-state index is 12.4. The van der Waals surface area contributed by atoms with Gasteiger partial charge in [-0.15, -0.1) is 12.4 Å². The van der Waals surface area contributed by atoms with Crippen LogP contribution in [-0.4, -0.2) is 27.0 Å². The Morgan fingerprint density at radius 2 is 2.10 bits per heavy atom. The zero-order valence-electron chi connectivity index (χ0n) is 11.5. The average molecular weight is 339 g/mol. The molecule has 1 aromatic carbocycles. The number of sulfonamides is 1. The van der Waals surface area contributed by atoms with Crippen LogP contribution in [0.15, 0.2) is 23.1 Å². The Hall–Kier alpha value is -0.330. The third kappa shape index (κ3) is 4.09. The second kappa shape index (κ2) is 7.09. The molecule has 1 fully saturated rings. The van der Waals surface area contributed by atoms with Gasteiger partial charge in [0.15, 0.2) is 0 Å². The van der Waals surface area contributed by atoms with Crippen LogP contribution >= 0.6 is 24.0 Å². The number of rotatable bonds is 3. The number of nitrogens with one attached hydrogen (secondary N) is 2. The second-order valence-corrected chi connectivity index (χ2v) is 7.14. The Balaban J connectivity index is 0.00000200. The quantitative estimate of drug-likeness (QED) is 0.890. The van der Waals surface area contributed by atoms with Crippen molar-refractivity contribution in [1.29, 1.82) is 0 Å². The van der Waals surface area contributed by atoms with Gasteiger partial charge in [0.05, 0.1) is 5.02 Å². The molecule has 2 N–H and O–H groups in total. The molecule has 0 radical (unpaired) electrons. The van der Waals surface area contributed by atoms with Gasteiger partial charge >= 0.3 is 0 Å². The molecule has 1 aliphatic heterocycles. The largest absolute Gasteiger partial charge is 0.313 e. The molecule has 0 amide bonds. The van der Waals surface area contributed by atoms with E-state index in [4.69, 9.17) is 11.6 Å². The lowest BCUT2D eigenvalue weighted by Crippen LogP contribution is -2.51. The van der Waals surface area contributed by atoms with Crippen molar-refractivity contribution in [2.75, 3.05) is 6.54 Å². The molecular formula is C13H20Cl2N2O2S. The van der Waals surface area contributed by atoms with Crippen molar-refractivity contribution in [3.05, 3.63) is 28.8 Å². The van der Waals surface area contributed by atoms with Crippen molar-refractivity contribution in [1.82, 2.24) is 10.0 Å². The Bertz CT molecular complexity index is 563. The van der Waals surface area contributed by atoms with Crippen molar-refractivity contribution >= 4 is 34.0 Å². The van der Waals surface area contributed by atoms with Crippen LogP contribution in [0.2, 0.25) is 5.02 Å². The van der Waals surface area contributed by atoms with E-state index in [2.05, 4.69) is 10.0 Å². The maximum atomic E-state index is 12.4. The van der Waals surface area contributed by atoms with Crippen LogP contribution in [0.5, 0.6) is 0 Å². The van der Waals surface area contributed by atoms with Crippen LogP contribution in [0.25, 0.3) is 0 Å². The van der Waals surface area contributed by atoms with Gasteiger partial charge in [0.25, 0.3) is 0 Å². The topological polar surface area (TPSA) is 58.2 Å². The molecule has 1 heterocycles. The molecule has 1 aromatic rings. The van der Waals surface area contributed by atoms with E-state index in [0.29, 0.717) is 0 Å². The van der Waals surface area contributed by atoms with Crippen LogP contribution in [0.3, 0.4) is 0 Å². The summed E-state index contributed by atoms with van der Waals surface area (Å²) in [7, 11) is -3.56. The lowest BCUT2D eigenvalue weighted by Gasteiger charge is -2.30. The minimum Gasteiger partial charge on any atom is -0.313 e. The van der Waals surface area contributed by atoms with Gasteiger partial charge in [-0.2, -0.15) is 0 Å². The van der Waals surface area contributed by atoms with E-state index in [-0.39, 0.29) is 34.4 Å². The van der Waals surface area contributed by atoms with Gasteiger partial charge in [-0.05, 0) is 50.9 Å². The zero-order chi connectivity index (χ0) is 14.0. The number of hydrogen-bond acceptors (Lipinski definition) is 3. The summed E-state index contributed by atoms with van der Waals surface area (Å²) in [5.74, 6) is 0. The molecule has 7 heteroatoms. The van der Waals surface area contributed by atoms with Gasteiger partial charge in [0.1, 0.15) is 4.90 Å². The standard InChI is InChI=1S/C13H19ClN2O2S.ClH/c1-9-5-6-13(11(14)8-9)19(17,18)16-12-4-3-7-15-10(12)2;/h5-6,8,10,12,15-16H,3-4,7H2,1-2H3;1H. The van der Waals surface area contributed by atoms with Crippen molar-refractivity contribution in [2.45, 2.75) is 43.7 Å². The highest BCUT2D eigenvalue weighted by Crippen LogP contribution is 2.23. The summed E-state index contributed by atoms with van der Waals surface area (Å²) >= 11 is 6.03. The molecule has 0 saturated carbocycles. The van der Waals surface area contributed by atoms with Gasteiger partial charge in [0.2, 0.25) is 10.0 Å². The number of halogens is 2. The molecule has 0 bridgehead atoms. The van der Waals surface area contributed by atoms with Gasteiger partial charge in [-0.25, -0.2) is 13.1 Å². The van der Waals surface area contributed by atoms with E-state index < -0.39 is 10.0 Å². The number of aryl methyl sites for hydroxylation is 1. The highest BCUT2D eigenvalue weighted by molar-refractivity contribution is 7.89. The summed E-state index contributed by atoms with van der Waals surface area (Å²) in [6, 6.07) is 5.02. The molecule has 0 aromatic heterocycles. The summed E-state index contributed by atoms with van der Waals surface area (Å²) in [5, 5.41) is 3.54. The highest BCUT2D eigenvalue weighted by Gasteiger charge is 2.27. The first-order chi connectivity index (χ1) is 8.90. The molecule has 114 valence electrons. The van der Waals surface area contributed by atoms with Gasteiger partial charge in [-0.1, -0.05) is 17.7 Å². The van der Waals surface area contributed by atoms with E-state index >= 15 is 0 Å². The lowest BCUT2D eigenvalue weighted by molar-refractivity contribution is 0.349. The monoisotopic (exact) mass is 338 g/mol. The van der Waals surface area contributed by atoms with Gasteiger partial charge in [-0.3, -0.25) is 0 Å². The minimum atomic E-state index is -3.56. The molecule has 2 unspecified atom stereocenters. The zero-order valence-corrected chi connectivity index (χ0v) is 13.9. The maximum Gasteiger partial charge on any atom is 0.242 e. The van der Waals surface area contributed by atoms with E-state index in [1.807, 2.05) is 13.8 Å². The van der Waals surface area contributed by atoms with Crippen LogP contribution in [0.1, 0.15) is 25.3 Å². The summed E-state index contributed by atoms with van der Waals surface area (Å²) in [4.78, 5) is 0.151. The smallest absolute Gasteiger partial charge is 0.242 e. The summed E-state index contributed by atoms with van der Waals surface area (Å²) < 4.78 is 27.5. The molecule has 0 spiro atoms. The summed E-state index contributed by atoms with van der Waals surface area (Å²) in [5.41, 5.74) is 0.941. The first-order valence-corrected chi connectivity index (χ1v) is 8.28. The highest BCUT2D eigenvalue weighted by atomic mass is 35.5. The first kappa shape index (κ1) is 17.7. The van der Waals surface area contributed by atoms with Crippen LogP contribution in [0, 0.1) is 6.92 Å². The summed E-state index contributed by atoms with van der Waals surface area (Å²) in [6.45, 7) is 4.80. The lowest BCUT2D eigenvalue weighted by atomic mass is 10.0. The van der Waals surface area contributed by atoms with Crippen molar-refractivity contribution in [2.24, 2.45) is 0 Å². The Kier molecular flexibility index (Phi) is 6.28. The predicted octanol–water partition coefficient (Wildman–Crippen LogP) is 2.49. The molecule has 20 heavy (non-hydrogen) atoms. The first-order valence-electron chi connectivity index (χ1n) is 6.42. The molecular weight excluding hydrogens is 319 g/mol. The SMILES string of the molecule is Cc1ccc(S(=O)(=O)NC2CCCNC2C)c(Cl)c1.Cl. The van der Waals surface area contributed by atoms with E-state index in [0.717, 1.165) is 24.9 Å². The number of benzene rings is 1. The Morgan fingerprint density at radius 1 is 1.40 bits per heavy atom. The van der Waals surface area contributed by atoms with Gasteiger partial charge < -0.3 is 5.32 Å². The van der Waals surface area contributed by atoms with Crippen LogP contribution < -0.4 is 10.0 Å². The predicted molar refractivity (Wildman–Crippen MR) is 84.2 cm³/mol. The van der Waals surface area contributed by atoms with Crippen molar-refractivity contribution < 1.29 is 8.42 Å². The molecule has 0 aliphatic carbocycles. The second-order valence-electron chi connectivity index (χ2n) is 5.05. The molecule has 1 aliphatic rings. The van der Waals surface area contributed by atoms with Crippen LogP contribution in [-0.2, 0) is 10.0 Å². The molecule has 4 nitrogen and oxygen atoms in total. The molecule has 2 rings (SSSR count). The Morgan fingerprint density at radius 3 is 2.70 bits per heavy atom. The fourth-order valence-corrected chi connectivity index (χ4v) is 4.24. The summed E-state index contributed by atoms with van der Waals surface area (Å²) in [6.07, 6.45) is 1.82. The minimum absolute atomic E-state index is 0. The average Bonchev–Trinajstić information content (AvgIpc) is 2.31. The fourth-order valence-electron chi connectivity index (χ4n) is 2.29. The van der Waals surface area contributed by atoms with Crippen molar-refractivity contribution in [3.8, 4) is 0 Å². The van der Waals surface area contributed by atoms with Crippen molar-refractivity contribution in [3.63, 3.8) is 0 Å². The third-order valence-electron chi connectivity index (χ3n) is 3.45. The number of piperidine rings is 1. The van der Waals surface area contributed by atoms with Gasteiger partial charge in [0, 0.05) is 12.1 Å². The number of hydrogen-bond donors (Lipinski definition) is 2. The normalized spacial score (nSPS) is 23.1. The van der Waals surface area contributed by atoms with E-state index in [1.54, 1.807) is 18.2 Å². The fraction of sp³-hybridized carbons (Fsp3) is 0.538.